The first kappa shape index (κ1) is 31.9. The summed E-state index contributed by atoms with van der Waals surface area (Å²) in [4.78, 5) is 29.6. The van der Waals surface area contributed by atoms with Gasteiger partial charge in [0.2, 0.25) is 5.78 Å². The van der Waals surface area contributed by atoms with E-state index in [4.69, 9.17) is 32.7 Å². The van der Waals surface area contributed by atoms with Crippen LogP contribution in [-0.4, -0.2) is 71.0 Å². The van der Waals surface area contributed by atoms with Crippen molar-refractivity contribution in [2.45, 2.75) is 37.8 Å². The number of hydrogen-bond donors (Lipinski definition) is 1. The van der Waals surface area contributed by atoms with Gasteiger partial charge in [-0.3, -0.25) is 9.69 Å². The summed E-state index contributed by atoms with van der Waals surface area (Å²) in [5.74, 6) is -0.187. The Balaban J connectivity index is 1.28. The molecule has 4 aromatic rings. The number of piperazine rings is 1. The molecule has 6 rings (SSSR count). The number of halogens is 2. The number of nitrogens with zero attached hydrogens (tertiary/aromatic N) is 3. The lowest BCUT2D eigenvalue weighted by atomic mass is 10.0. The van der Waals surface area contributed by atoms with Crippen molar-refractivity contribution in [2.24, 2.45) is 0 Å². The minimum Gasteiger partial charge on any atom is -0.507 e. The summed E-state index contributed by atoms with van der Waals surface area (Å²) < 4.78 is 40.1. The molecule has 0 bridgehead atoms. The quantitative estimate of drug-likeness (QED) is 0.235. The fourth-order valence-corrected chi connectivity index (χ4v) is 7.64. The van der Waals surface area contributed by atoms with Crippen LogP contribution in [0.15, 0.2) is 71.4 Å². The predicted octanol–water partition coefficient (Wildman–Crippen LogP) is 6.56. The van der Waals surface area contributed by atoms with E-state index in [0.717, 1.165) is 3.97 Å². The second-order valence-electron chi connectivity index (χ2n) is 12.1. The van der Waals surface area contributed by atoms with Gasteiger partial charge in [0.15, 0.2) is 5.76 Å². The molecule has 3 aromatic carbocycles. The summed E-state index contributed by atoms with van der Waals surface area (Å²) >= 11 is 12.3. The van der Waals surface area contributed by atoms with E-state index in [2.05, 4.69) is 4.90 Å². The number of ether oxygens (including phenoxy) is 2. The number of phenols is 1. The van der Waals surface area contributed by atoms with Crippen molar-refractivity contribution in [3.8, 4) is 11.5 Å². The largest absolute Gasteiger partial charge is 0.507 e. The third kappa shape index (κ3) is 6.07. The number of fused-ring (bicyclic) bond motifs is 2. The van der Waals surface area contributed by atoms with Gasteiger partial charge < -0.3 is 19.5 Å². The van der Waals surface area contributed by atoms with Gasteiger partial charge in [-0.1, -0.05) is 41.4 Å². The number of para-hydroxylation sites is 1. The van der Waals surface area contributed by atoms with Crippen LogP contribution in [0.1, 0.15) is 42.3 Å². The van der Waals surface area contributed by atoms with Gasteiger partial charge in [0.25, 0.3) is 10.0 Å². The van der Waals surface area contributed by atoms with Crippen LogP contribution in [0.25, 0.3) is 17.0 Å². The van der Waals surface area contributed by atoms with Crippen LogP contribution in [-0.2, 0) is 21.3 Å². The van der Waals surface area contributed by atoms with Crippen LogP contribution in [0.2, 0.25) is 10.0 Å². The van der Waals surface area contributed by atoms with Crippen molar-refractivity contribution in [2.75, 3.05) is 26.2 Å². The first-order valence-electron chi connectivity index (χ1n) is 14.5. The van der Waals surface area contributed by atoms with E-state index >= 15 is 0 Å². The number of amides is 1. The number of aromatic hydroxyl groups is 1. The molecule has 3 heterocycles. The number of benzene rings is 3. The van der Waals surface area contributed by atoms with E-state index in [9.17, 15) is 23.1 Å². The highest BCUT2D eigenvalue weighted by molar-refractivity contribution is 7.90. The summed E-state index contributed by atoms with van der Waals surface area (Å²) in [5, 5.41) is 11.7. The van der Waals surface area contributed by atoms with E-state index in [1.165, 1.54) is 42.6 Å². The summed E-state index contributed by atoms with van der Waals surface area (Å²) in [6, 6.07) is 14.0. The number of allylic oxidation sites excluding steroid dienone is 1. The second kappa shape index (κ2) is 12.0. The Morgan fingerprint density at radius 1 is 1.04 bits per heavy atom. The molecule has 1 N–H and O–H groups in total. The zero-order valence-corrected chi connectivity index (χ0v) is 27.6. The minimum atomic E-state index is -4.14. The molecular weight excluding hydrogens is 653 g/mol. The van der Waals surface area contributed by atoms with Crippen LogP contribution in [0.3, 0.4) is 0 Å². The molecule has 0 spiro atoms. The summed E-state index contributed by atoms with van der Waals surface area (Å²) in [7, 11) is -4.14. The Morgan fingerprint density at radius 2 is 1.76 bits per heavy atom. The molecule has 1 fully saturated rings. The number of hydrogen-bond acceptors (Lipinski definition) is 8. The van der Waals surface area contributed by atoms with Crippen LogP contribution >= 0.6 is 23.2 Å². The van der Waals surface area contributed by atoms with Gasteiger partial charge in [-0.2, -0.15) is 0 Å². The molecule has 2 aliphatic heterocycles. The van der Waals surface area contributed by atoms with Crippen molar-refractivity contribution in [1.82, 2.24) is 13.8 Å². The van der Waals surface area contributed by atoms with E-state index in [0.29, 0.717) is 53.2 Å². The van der Waals surface area contributed by atoms with Gasteiger partial charge >= 0.3 is 6.09 Å². The van der Waals surface area contributed by atoms with Crippen molar-refractivity contribution < 1.29 is 32.6 Å². The third-order valence-electron chi connectivity index (χ3n) is 7.75. The van der Waals surface area contributed by atoms with Crippen molar-refractivity contribution >= 4 is 62.1 Å². The van der Waals surface area contributed by atoms with E-state index in [1.54, 1.807) is 29.2 Å². The fraction of sp³-hybridized carbons (Fsp3) is 0.273. The summed E-state index contributed by atoms with van der Waals surface area (Å²) in [5.41, 5.74) is 0.961. The van der Waals surface area contributed by atoms with E-state index < -0.39 is 21.4 Å². The maximum Gasteiger partial charge on any atom is 0.410 e. The molecule has 1 aromatic heterocycles. The highest BCUT2D eigenvalue weighted by Crippen LogP contribution is 2.41. The van der Waals surface area contributed by atoms with Crippen LogP contribution in [0.4, 0.5) is 4.79 Å². The molecule has 0 radical (unpaired) electrons. The zero-order valence-electron chi connectivity index (χ0n) is 25.3. The highest BCUT2D eigenvalue weighted by atomic mass is 35.5. The number of Topliss-reactive ketones (excluding diaryl/α,β-unsaturated/α-hetero) is 1. The number of phenolic OH excluding ortho intramolecular Hbond substituents is 1. The molecule has 0 atom stereocenters. The number of rotatable bonds is 5. The van der Waals surface area contributed by atoms with Gasteiger partial charge in [-0.25, -0.2) is 17.2 Å². The third-order valence-corrected chi connectivity index (χ3v) is 10.1. The lowest BCUT2D eigenvalue weighted by Crippen LogP contribution is -2.49. The maximum absolute atomic E-state index is 13.7. The Labute approximate surface area is 276 Å². The Bertz CT molecular complexity index is 2020. The lowest BCUT2D eigenvalue weighted by molar-refractivity contribution is 0.0137. The van der Waals surface area contributed by atoms with Crippen molar-refractivity contribution in [1.29, 1.82) is 0 Å². The average molecular weight is 685 g/mol. The zero-order chi connectivity index (χ0) is 33.0. The molecule has 1 saturated heterocycles. The van der Waals surface area contributed by atoms with Crippen LogP contribution in [0, 0.1) is 0 Å². The highest BCUT2D eigenvalue weighted by Gasteiger charge is 2.34. The lowest BCUT2D eigenvalue weighted by Gasteiger charge is -2.35. The first-order valence-corrected chi connectivity index (χ1v) is 16.7. The molecule has 0 saturated carbocycles. The molecular formula is C33H31Cl2N3O7S. The number of ketones is 1. The number of carbonyl (C=O) groups excluding carboxylic acids is 2. The monoisotopic (exact) mass is 683 g/mol. The normalized spacial score (nSPS) is 16.6. The molecule has 46 heavy (non-hydrogen) atoms. The Kier molecular flexibility index (Phi) is 8.30. The van der Waals surface area contributed by atoms with Gasteiger partial charge in [-0.15, -0.1) is 0 Å². The van der Waals surface area contributed by atoms with Gasteiger partial charge in [0.05, 0.1) is 21.7 Å². The standard InChI is InChI=1S/C33H31Cl2N3O7S/c1-33(2,3)45-32(41)37-14-12-36(13-15-37)19-24-27(39)10-9-23-30(40)28(44-31(23)24)16-20-18-38(26-7-5-4-6-22(20)26)46(42,43)29-11-8-21(34)17-25(29)35/h4-11,16-18,39H,12-15,19H2,1-3H3/b28-16-. The average Bonchev–Trinajstić information content (AvgIpc) is 3.52. The maximum atomic E-state index is 13.7. The topological polar surface area (TPSA) is 118 Å². The van der Waals surface area contributed by atoms with Gasteiger partial charge in [-0.05, 0) is 63.2 Å². The smallest absolute Gasteiger partial charge is 0.410 e. The summed E-state index contributed by atoms with van der Waals surface area (Å²) in [6.45, 7) is 7.71. The predicted molar refractivity (Wildman–Crippen MR) is 175 cm³/mol. The first-order chi connectivity index (χ1) is 21.7. The molecule has 1 amide bonds. The number of aromatic nitrogens is 1. The van der Waals surface area contributed by atoms with Crippen molar-refractivity contribution in [3.63, 3.8) is 0 Å². The van der Waals surface area contributed by atoms with Gasteiger partial charge in [0.1, 0.15) is 22.0 Å². The molecule has 13 heteroatoms. The molecule has 240 valence electrons. The number of carbonyl (C=O) groups is 2. The Morgan fingerprint density at radius 3 is 2.46 bits per heavy atom. The second-order valence-corrected chi connectivity index (χ2v) is 14.7. The summed E-state index contributed by atoms with van der Waals surface area (Å²) in [6.07, 6.45) is 2.55. The van der Waals surface area contributed by atoms with Crippen molar-refractivity contribution in [3.05, 3.63) is 93.3 Å². The van der Waals surface area contributed by atoms with Gasteiger partial charge in [0, 0.05) is 54.9 Å². The minimum absolute atomic E-state index is 0.0126. The van der Waals surface area contributed by atoms with E-state index in [-0.39, 0.29) is 45.4 Å². The molecule has 0 unspecified atom stereocenters. The molecule has 0 aliphatic carbocycles. The van der Waals surface area contributed by atoms with Crippen LogP contribution < -0.4 is 4.74 Å². The van der Waals surface area contributed by atoms with E-state index in [1.807, 2.05) is 20.8 Å². The molecule has 10 nitrogen and oxygen atoms in total. The fourth-order valence-electron chi connectivity index (χ4n) is 5.51. The molecule has 2 aliphatic rings. The Hall–Kier alpha value is -4.03. The SMILES string of the molecule is CC(C)(C)OC(=O)N1CCN(Cc2c(O)ccc3c2O/C(=C\c2cn(S(=O)(=O)c4ccc(Cl)cc4Cl)c4ccccc24)C3=O)CC1. The van der Waals surface area contributed by atoms with Crippen LogP contribution in [0.5, 0.6) is 11.5 Å².